The molecule has 1 aliphatic heterocycles. The van der Waals surface area contributed by atoms with Crippen LogP contribution in [0.4, 0.5) is 0 Å². The Balaban J connectivity index is 1.97. The Morgan fingerprint density at radius 1 is 1.12 bits per heavy atom. The van der Waals surface area contributed by atoms with Gasteiger partial charge in [0.1, 0.15) is 0 Å². The molecule has 5 atom stereocenters. The van der Waals surface area contributed by atoms with Gasteiger partial charge >= 0.3 is 0 Å². The molecular weight excluding hydrogens is 510 g/mol. The smallest absolute Gasteiger partial charge is 0.223 e. The maximum absolute atomic E-state index is 13.0. The van der Waals surface area contributed by atoms with Gasteiger partial charge in [0.15, 0.2) is 11.5 Å². The zero-order valence-corrected chi connectivity index (χ0v) is 25.4. The monoisotopic (exact) mass is 563 g/mol. The number of carbonyl (C=O) groups excluding carboxylic acids is 2. The second kappa shape index (κ2) is 17.5. The van der Waals surface area contributed by atoms with Crippen LogP contribution < -0.4 is 25.8 Å². The van der Waals surface area contributed by atoms with Crippen LogP contribution in [0.25, 0.3) is 0 Å². The molecule has 9 heteroatoms. The fourth-order valence-corrected chi connectivity index (χ4v) is 5.25. The Labute approximate surface area is 240 Å². The van der Waals surface area contributed by atoms with Gasteiger partial charge in [0.05, 0.1) is 19.8 Å². The van der Waals surface area contributed by atoms with Crippen LogP contribution in [0.3, 0.4) is 0 Å². The third-order valence-corrected chi connectivity index (χ3v) is 7.97. The average molecular weight is 564 g/mol. The molecule has 0 radical (unpaired) electrons. The highest BCUT2D eigenvalue weighted by Gasteiger charge is 2.30. The fourth-order valence-electron chi connectivity index (χ4n) is 5.25. The predicted molar refractivity (Wildman–Crippen MR) is 157 cm³/mol. The standard InChI is InChI=1S/C31H53N3O6/c1-20(2)23(15-22-11-12-28(39-6)29(16-22)40-14-8-13-38-5)17-26(32)27(35)18-25(21(3)4)31(37)33-19-24-9-7-10-30(36)34-24/h11-12,16,20-21,23-27,35H,7-10,13-15,17-19,32H2,1-6H3,(H,33,37)(H,34,36)/t23-,24?,25+,26-,27-/m0/s1. The van der Waals surface area contributed by atoms with Crippen LogP contribution >= 0.6 is 0 Å². The molecule has 0 saturated carbocycles. The number of aliphatic hydroxyl groups is 1. The number of ether oxygens (including phenoxy) is 3. The van der Waals surface area contributed by atoms with Gasteiger partial charge in [0, 0.05) is 51.1 Å². The quantitative estimate of drug-likeness (QED) is 0.201. The largest absolute Gasteiger partial charge is 0.493 e. The van der Waals surface area contributed by atoms with Gasteiger partial charge < -0.3 is 35.7 Å². The van der Waals surface area contributed by atoms with Crippen LogP contribution in [-0.4, -0.2) is 69.1 Å². The SMILES string of the molecule is COCCCOc1cc(C[C@@H](C[C@H](N)[C@@H](O)C[C@@H](C(=O)NCC2CCCC(=O)N2)C(C)C)C(C)C)ccc1OC. The highest BCUT2D eigenvalue weighted by Crippen LogP contribution is 2.31. The summed E-state index contributed by atoms with van der Waals surface area (Å²) in [5, 5.41) is 17.0. The van der Waals surface area contributed by atoms with E-state index in [1.165, 1.54) is 0 Å². The van der Waals surface area contributed by atoms with E-state index in [1.54, 1.807) is 14.2 Å². The minimum Gasteiger partial charge on any atom is -0.493 e. The number of hydrogen-bond acceptors (Lipinski definition) is 7. The van der Waals surface area contributed by atoms with Gasteiger partial charge in [-0.2, -0.15) is 0 Å². The summed E-state index contributed by atoms with van der Waals surface area (Å²) in [6.07, 6.45) is 3.95. The zero-order valence-electron chi connectivity index (χ0n) is 25.4. The van der Waals surface area contributed by atoms with Gasteiger partial charge in [0.25, 0.3) is 0 Å². The van der Waals surface area contributed by atoms with E-state index in [9.17, 15) is 14.7 Å². The van der Waals surface area contributed by atoms with Gasteiger partial charge in [-0.3, -0.25) is 9.59 Å². The summed E-state index contributed by atoms with van der Waals surface area (Å²) in [7, 11) is 3.31. The number of benzene rings is 1. The second-order valence-corrected chi connectivity index (χ2v) is 11.8. The van der Waals surface area contributed by atoms with Gasteiger partial charge in [0.2, 0.25) is 11.8 Å². The number of amides is 2. The first-order valence-corrected chi connectivity index (χ1v) is 14.8. The Kier molecular flexibility index (Phi) is 14.8. The van der Waals surface area contributed by atoms with Crippen molar-refractivity contribution in [3.05, 3.63) is 23.8 Å². The normalized spacial score (nSPS) is 18.6. The van der Waals surface area contributed by atoms with Crippen LogP contribution in [0.1, 0.15) is 71.8 Å². The molecule has 228 valence electrons. The minimum atomic E-state index is -0.802. The van der Waals surface area contributed by atoms with Gasteiger partial charge in [-0.25, -0.2) is 0 Å². The first-order valence-electron chi connectivity index (χ1n) is 14.8. The van der Waals surface area contributed by atoms with Crippen LogP contribution in [-0.2, 0) is 20.7 Å². The molecule has 2 amide bonds. The highest BCUT2D eigenvalue weighted by molar-refractivity contribution is 5.79. The van der Waals surface area contributed by atoms with Crippen LogP contribution in [0, 0.1) is 23.7 Å². The summed E-state index contributed by atoms with van der Waals surface area (Å²) in [6.45, 7) is 9.90. The summed E-state index contributed by atoms with van der Waals surface area (Å²) < 4.78 is 16.5. The summed E-state index contributed by atoms with van der Waals surface area (Å²) >= 11 is 0. The maximum atomic E-state index is 13.0. The van der Waals surface area contributed by atoms with E-state index in [-0.39, 0.29) is 35.6 Å². The van der Waals surface area contributed by atoms with Gasteiger partial charge in [-0.05, 0) is 67.6 Å². The van der Waals surface area contributed by atoms with Crippen molar-refractivity contribution in [2.45, 2.75) is 90.8 Å². The number of aliphatic hydroxyl groups excluding tert-OH is 1. The Morgan fingerprint density at radius 2 is 1.88 bits per heavy atom. The van der Waals surface area contributed by atoms with Crippen molar-refractivity contribution in [1.29, 1.82) is 0 Å². The lowest BCUT2D eigenvalue weighted by Gasteiger charge is -2.30. The van der Waals surface area contributed by atoms with Crippen molar-refractivity contribution in [2.24, 2.45) is 29.4 Å². The number of carbonyl (C=O) groups is 2. The first kappa shape index (κ1) is 33.8. The number of hydrogen-bond donors (Lipinski definition) is 4. The van der Waals surface area contributed by atoms with E-state index in [0.717, 1.165) is 31.2 Å². The lowest BCUT2D eigenvalue weighted by Crippen LogP contribution is -2.48. The molecule has 0 spiro atoms. The topological polar surface area (TPSA) is 132 Å². The lowest BCUT2D eigenvalue weighted by molar-refractivity contribution is -0.128. The Bertz CT molecular complexity index is 909. The maximum Gasteiger partial charge on any atom is 0.223 e. The molecule has 0 aromatic heterocycles. The van der Waals surface area contributed by atoms with Crippen molar-refractivity contribution in [3.63, 3.8) is 0 Å². The van der Waals surface area contributed by atoms with Crippen molar-refractivity contribution in [2.75, 3.05) is 34.0 Å². The molecule has 5 N–H and O–H groups in total. The van der Waals surface area contributed by atoms with Gasteiger partial charge in [-0.1, -0.05) is 33.8 Å². The molecule has 1 saturated heterocycles. The molecule has 1 unspecified atom stereocenters. The molecule has 1 fully saturated rings. The number of nitrogens with one attached hydrogen (secondary N) is 2. The van der Waals surface area contributed by atoms with E-state index in [0.29, 0.717) is 56.4 Å². The summed E-state index contributed by atoms with van der Waals surface area (Å²) in [6, 6.07) is 5.51. The fraction of sp³-hybridized carbons (Fsp3) is 0.742. The molecule has 1 aromatic rings. The number of rotatable bonds is 18. The molecule has 40 heavy (non-hydrogen) atoms. The van der Waals surface area contributed by atoms with Crippen molar-refractivity contribution in [1.82, 2.24) is 10.6 Å². The number of methoxy groups -OCH3 is 2. The average Bonchev–Trinajstić information content (AvgIpc) is 2.92. The van der Waals surface area contributed by atoms with E-state index in [1.807, 2.05) is 32.0 Å². The van der Waals surface area contributed by atoms with E-state index >= 15 is 0 Å². The third kappa shape index (κ3) is 11.3. The molecule has 0 aliphatic carbocycles. The highest BCUT2D eigenvalue weighted by atomic mass is 16.5. The summed E-state index contributed by atoms with van der Waals surface area (Å²) in [5.41, 5.74) is 7.67. The second-order valence-electron chi connectivity index (χ2n) is 11.8. The zero-order chi connectivity index (χ0) is 29.7. The van der Waals surface area contributed by atoms with Crippen LogP contribution in [0.5, 0.6) is 11.5 Å². The van der Waals surface area contributed by atoms with Crippen LogP contribution in [0.2, 0.25) is 0 Å². The van der Waals surface area contributed by atoms with Gasteiger partial charge in [-0.15, -0.1) is 0 Å². The summed E-state index contributed by atoms with van der Waals surface area (Å²) in [4.78, 5) is 24.7. The van der Waals surface area contributed by atoms with Crippen molar-refractivity contribution < 1.29 is 28.9 Å². The first-order chi connectivity index (χ1) is 19.0. The van der Waals surface area contributed by atoms with Crippen molar-refractivity contribution in [3.8, 4) is 11.5 Å². The van der Waals surface area contributed by atoms with E-state index < -0.39 is 12.1 Å². The molecule has 1 aromatic carbocycles. The molecule has 1 aliphatic rings. The predicted octanol–water partition coefficient (Wildman–Crippen LogP) is 3.45. The number of nitrogens with two attached hydrogens (primary N) is 1. The Hall–Kier alpha value is -2.36. The summed E-state index contributed by atoms with van der Waals surface area (Å²) in [5.74, 6) is 1.61. The molecule has 1 heterocycles. The molecular formula is C31H53N3O6. The lowest BCUT2D eigenvalue weighted by atomic mass is 9.81. The minimum absolute atomic E-state index is 0.0347. The molecule has 9 nitrogen and oxygen atoms in total. The van der Waals surface area contributed by atoms with E-state index in [4.69, 9.17) is 19.9 Å². The number of piperidine rings is 1. The third-order valence-electron chi connectivity index (χ3n) is 7.97. The molecule has 0 bridgehead atoms. The van der Waals surface area contributed by atoms with E-state index in [2.05, 4.69) is 24.5 Å². The molecule has 2 rings (SSSR count). The van der Waals surface area contributed by atoms with Crippen LogP contribution in [0.15, 0.2) is 18.2 Å². The Morgan fingerprint density at radius 3 is 2.50 bits per heavy atom. The van der Waals surface area contributed by atoms with Crippen molar-refractivity contribution >= 4 is 11.8 Å².